The molecule has 0 amide bonds. The van der Waals surface area contributed by atoms with Crippen molar-refractivity contribution in [2.75, 3.05) is 12.8 Å². The van der Waals surface area contributed by atoms with Crippen molar-refractivity contribution in [3.8, 4) is 0 Å². The summed E-state index contributed by atoms with van der Waals surface area (Å²) in [5, 5.41) is 3.68. The van der Waals surface area contributed by atoms with E-state index in [0.717, 1.165) is 16.6 Å². The van der Waals surface area contributed by atoms with Gasteiger partial charge in [0, 0.05) is 16.2 Å². The molecule has 2 heterocycles. The first-order valence-electron chi connectivity index (χ1n) is 6.80. The molecule has 1 saturated carbocycles. The largest absolute Gasteiger partial charge is 0.467 e. The summed E-state index contributed by atoms with van der Waals surface area (Å²) in [4.78, 5) is 1.21. The molecule has 2 aromatic heterocycles. The maximum Gasteiger partial charge on any atom is 0.126 e. The zero-order valence-corrected chi connectivity index (χ0v) is 13.8. The Morgan fingerprint density at radius 3 is 2.80 bits per heavy atom. The third-order valence-corrected chi connectivity index (χ3v) is 6.75. The summed E-state index contributed by atoms with van der Waals surface area (Å²) < 4.78 is 6.83. The average Bonchev–Trinajstić information content (AvgIpc) is 3.05. The number of hydrogen-bond donors (Lipinski definition) is 1. The van der Waals surface area contributed by atoms with Crippen molar-refractivity contribution in [3.63, 3.8) is 0 Å². The monoisotopic (exact) mass is 327 g/mol. The van der Waals surface area contributed by atoms with E-state index in [1.165, 1.54) is 24.1 Å². The van der Waals surface area contributed by atoms with Crippen LogP contribution in [0.5, 0.6) is 0 Å². The molecule has 1 unspecified atom stereocenters. The standard InChI is InChI=1S/C15H18ClNOS2/c1-19-15(7-3-8-15)10-17-14(11-4-2-9-18-11)12-5-6-13(16)20-12/h2,4-6,9,14,17H,3,7-8,10H2,1H3. The molecule has 5 heteroatoms. The molecule has 108 valence electrons. The van der Waals surface area contributed by atoms with Gasteiger partial charge in [-0.05, 0) is 43.4 Å². The highest BCUT2D eigenvalue weighted by atomic mass is 35.5. The lowest BCUT2D eigenvalue weighted by atomic mass is 9.84. The fourth-order valence-corrected chi connectivity index (χ4v) is 4.66. The summed E-state index contributed by atoms with van der Waals surface area (Å²) in [6, 6.07) is 8.10. The number of rotatable bonds is 6. The van der Waals surface area contributed by atoms with Crippen molar-refractivity contribution in [1.29, 1.82) is 0 Å². The molecule has 20 heavy (non-hydrogen) atoms. The van der Waals surface area contributed by atoms with Gasteiger partial charge < -0.3 is 9.73 Å². The molecule has 2 aromatic rings. The minimum absolute atomic E-state index is 0.104. The van der Waals surface area contributed by atoms with Gasteiger partial charge in [0.15, 0.2) is 0 Å². The Labute approximate surface area is 132 Å². The lowest BCUT2D eigenvalue weighted by Gasteiger charge is -2.41. The van der Waals surface area contributed by atoms with Crippen molar-refractivity contribution in [2.24, 2.45) is 0 Å². The summed E-state index contributed by atoms with van der Waals surface area (Å²) in [6.45, 7) is 1.01. The summed E-state index contributed by atoms with van der Waals surface area (Å²) in [5.74, 6) is 0.957. The third-order valence-electron chi connectivity index (χ3n) is 4.03. The Bertz CT molecular complexity index is 542. The van der Waals surface area contributed by atoms with Crippen LogP contribution >= 0.6 is 34.7 Å². The second-order valence-electron chi connectivity index (χ2n) is 5.21. The SMILES string of the molecule is CSC1(CNC(c2ccco2)c2ccc(Cl)s2)CCC1. The molecule has 0 radical (unpaired) electrons. The van der Waals surface area contributed by atoms with Crippen LogP contribution in [0.15, 0.2) is 34.9 Å². The molecule has 0 aliphatic heterocycles. The summed E-state index contributed by atoms with van der Waals surface area (Å²) in [5.41, 5.74) is 0. The number of halogens is 1. The minimum Gasteiger partial charge on any atom is -0.467 e. The molecular formula is C15H18ClNOS2. The maximum atomic E-state index is 6.08. The molecular weight excluding hydrogens is 310 g/mol. The lowest BCUT2D eigenvalue weighted by molar-refractivity contribution is 0.329. The van der Waals surface area contributed by atoms with Crippen LogP contribution in [0.3, 0.4) is 0 Å². The van der Waals surface area contributed by atoms with Gasteiger partial charge in [-0.1, -0.05) is 18.0 Å². The number of furan rings is 1. The highest BCUT2D eigenvalue weighted by molar-refractivity contribution is 8.00. The zero-order chi connectivity index (χ0) is 14.0. The predicted octanol–water partition coefficient (Wildman–Crippen LogP) is 4.96. The fourth-order valence-electron chi connectivity index (χ4n) is 2.59. The molecule has 0 bridgehead atoms. The van der Waals surface area contributed by atoms with Gasteiger partial charge >= 0.3 is 0 Å². The van der Waals surface area contributed by atoms with Gasteiger partial charge in [-0.3, -0.25) is 0 Å². The highest BCUT2D eigenvalue weighted by Crippen LogP contribution is 2.43. The average molecular weight is 328 g/mol. The van der Waals surface area contributed by atoms with E-state index in [2.05, 4.69) is 17.6 Å². The Balaban J connectivity index is 1.76. The fraction of sp³-hybridized carbons (Fsp3) is 0.467. The van der Waals surface area contributed by atoms with Crippen LogP contribution in [0.2, 0.25) is 4.34 Å². The molecule has 2 nitrogen and oxygen atoms in total. The van der Waals surface area contributed by atoms with Gasteiger partial charge in [0.25, 0.3) is 0 Å². The number of nitrogens with one attached hydrogen (secondary N) is 1. The third kappa shape index (κ3) is 2.93. The van der Waals surface area contributed by atoms with Crippen LogP contribution in [-0.4, -0.2) is 17.5 Å². The molecule has 1 fully saturated rings. The van der Waals surface area contributed by atoms with Gasteiger partial charge in [-0.15, -0.1) is 11.3 Å². The van der Waals surface area contributed by atoms with E-state index >= 15 is 0 Å². The van der Waals surface area contributed by atoms with E-state index in [-0.39, 0.29) is 6.04 Å². The Morgan fingerprint density at radius 1 is 1.45 bits per heavy atom. The molecule has 0 saturated heterocycles. The normalized spacial score (nSPS) is 18.7. The van der Waals surface area contributed by atoms with Crippen LogP contribution in [0.4, 0.5) is 0 Å². The van der Waals surface area contributed by atoms with Gasteiger partial charge in [-0.2, -0.15) is 11.8 Å². The molecule has 1 aliphatic carbocycles. The maximum absolute atomic E-state index is 6.08. The van der Waals surface area contributed by atoms with Gasteiger partial charge in [-0.25, -0.2) is 0 Å². The number of thioether (sulfide) groups is 1. The second-order valence-corrected chi connectivity index (χ2v) is 8.23. The highest BCUT2D eigenvalue weighted by Gasteiger charge is 2.36. The van der Waals surface area contributed by atoms with Crippen molar-refractivity contribution in [2.45, 2.75) is 30.1 Å². The molecule has 0 aromatic carbocycles. The molecule has 1 N–H and O–H groups in total. The van der Waals surface area contributed by atoms with Crippen molar-refractivity contribution >= 4 is 34.7 Å². The van der Waals surface area contributed by atoms with Gasteiger partial charge in [0.2, 0.25) is 0 Å². The quantitative estimate of drug-likeness (QED) is 0.811. The summed E-state index contributed by atoms with van der Waals surface area (Å²) >= 11 is 9.67. The first-order valence-corrected chi connectivity index (χ1v) is 9.21. The molecule has 3 rings (SSSR count). The van der Waals surface area contributed by atoms with Crippen LogP contribution in [0.1, 0.15) is 35.9 Å². The molecule has 0 spiro atoms. The van der Waals surface area contributed by atoms with Crippen molar-refractivity contribution < 1.29 is 4.42 Å². The van der Waals surface area contributed by atoms with Crippen LogP contribution in [0, 0.1) is 0 Å². The van der Waals surface area contributed by atoms with E-state index < -0.39 is 0 Å². The summed E-state index contributed by atoms with van der Waals surface area (Å²) in [6.07, 6.45) is 7.89. The van der Waals surface area contributed by atoms with Gasteiger partial charge in [0.05, 0.1) is 10.6 Å². The molecule has 1 atom stereocenters. The van der Waals surface area contributed by atoms with Crippen molar-refractivity contribution in [1.82, 2.24) is 5.32 Å². The summed E-state index contributed by atoms with van der Waals surface area (Å²) in [7, 11) is 0. The van der Waals surface area contributed by atoms with E-state index in [1.54, 1.807) is 17.6 Å². The number of thiophene rings is 1. The Hall–Kier alpha value is -0.420. The number of hydrogen-bond acceptors (Lipinski definition) is 4. The predicted molar refractivity (Wildman–Crippen MR) is 88.0 cm³/mol. The minimum atomic E-state index is 0.104. The van der Waals surface area contributed by atoms with E-state index in [4.69, 9.17) is 16.0 Å². The zero-order valence-electron chi connectivity index (χ0n) is 11.4. The smallest absolute Gasteiger partial charge is 0.126 e. The van der Waals surface area contributed by atoms with Crippen LogP contribution < -0.4 is 5.32 Å². The first-order chi connectivity index (χ1) is 9.72. The van der Waals surface area contributed by atoms with E-state index in [9.17, 15) is 0 Å². The lowest BCUT2D eigenvalue weighted by Crippen LogP contribution is -2.44. The van der Waals surface area contributed by atoms with Gasteiger partial charge in [0.1, 0.15) is 11.8 Å². The first kappa shape index (κ1) is 14.5. The van der Waals surface area contributed by atoms with Crippen molar-refractivity contribution in [3.05, 3.63) is 45.5 Å². The van der Waals surface area contributed by atoms with Crippen LogP contribution in [-0.2, 0) is 0 Å². The molecule has 1 aliphatic rings. The van der Waals surface area contributed by atoms with Crippen LogP contribution in [0.25, 0.3) is 0 Å². The Kier molecular flexibility index (Phi) is 4.46. The topological polar surface area (TPSA) is 25.2 Å². The van der Waals surface area contributed by atoms with E-state index in [0.29, 0.717) is 4.75 Å². The van der Waals surface area contributed by atoms with E-state index in [1.807, 2.05) is 30.0 Å². The second kappa shape index (κ2) is 6.14. The Morgan fingerprint density at radius 2 is 2.30 bits per heavy atom.